The van der Waals surface area contributed by atoms with E-state index in [-0.39, 0.29) is 11.4 Å². The van der Waals surface area contributed by atoms with Crippen molar-refractivity contribution >= 4 is 33.1 Å². The molecular formula is C20H13N3O4S. The van der Waals surface area contributed by atoms with Crippen LogP contribution in [-0.2, 0) is 0 Å². The number of nitro benzene ring substituents is 1. The van der Waals surface area contributed by atoms with Gasteiger partial charge in [-0.3, -0.25) is 24.3 Å². The van der Waals surface area contributed by atoms with Crippen molar-refractivity contribution in [2.24, 2.45) is 5.73 Å². The predicted molar refractivity (Wildman–Crippen MR) is 108 cm³/mol. The molecule has 0 radical (unpaired) electrons. The Morgan fingerprint density at radius 2 is 1.68 bits per heavy atom. The first-order valence-corrected chi connectivity index (χ1v) is 9.08. The number of nitrogens with zero attached hydrogens (tertiary/aromatic N) is 2. The van der Waals surface area contributed by atoms with Crippen molar-refractivity contribution in [1.29, 1.82) is 0 Å². The van der Waals surface area contributed by atoms with Crippen molar-refractivity contribution in [2.45, 2.75) is 0 Å². The van der Waals surface area contributed by atoms with Crippen LogP contribution in [0.5, 0.6) is 0 Å². The zero-order chi connectivity index (χ0) is 19.8. The molecule has 0 atom stereocenters. The highest BCUT2D eigenvalue weighted by molar-refractivity contribution is 7.21. The van der Waals surface area contributed by atoms with Gasteiger partial charge in [0, 0.05) is 23.1 Å². The van der Waals surface area contributed by atoms with E-state index in [0.29, 0.717) is 20.7 Å². The van der Waals surface area contributed by atoms with Crippen LogP contribution < -0.4 is 11.3 Å². The molecular weight excluding hydrogens is 378 g/mol. The fourth-order valence-corrected chi connectivity index (χ4v) is 4.37. The number of para-hydroxylation sites is 2. The van der Waals surface area contributed by atoms with Gasteiger partial charge >= 0.3 is 0 Å². The molecule has 0 fully saturated rings. The topological polar surface area (TPSA) is 108 Å². The maximum Gasteiger partial charge on any atom is 0.293 e. The van der Waals surface area contributed by atoms with E-state index in [1.54, 1.807) is 12.1 Å². The van der Waals surface area contributed by atoms with E-state index in [9.17, 15) is 19.7 Å². The van der Waals surface area contributed by atoms with Gasteiger partial charge in [0.15, 0.2) is 0 Å². The second-order valence-corrected chi connectivity index (χ2v) is 7.01. The summed E-state index contributed by atoms with van der Waals surface area (Å²) in [6.45, 7) is 0. The standard InChI is InChI=1S/C20H13N3O4S/c21-19(25)18-17(12-6-2-1-3-7-12)13-10-11-16(24)22(20(13)28-18)14-8-4-5-9-15(14)23(26)27/h1-11H,(H2,21,25). The van der Waals surface area contributed by atoms with Crippen molar-refractivity contribution in [2.75, 3.05) is 0 Å². The van der Waals surface area contributed by atoms with Crippen molar-refractivity contribution in [3.05, 3.63) is 92.1 Å². The van der Waals surface area contributed by atoms with Gasteiger partial charge in [-0.05, 0) is 17.7 Å². The molecule has 0 saturated carbocycles. The summed E-state index contributed by atoms with van der Waals surface area (Å²) in [5.74, 6) is -0.624. The van der Waals surface area contributed by atoms with E-state index in [1.165, 1.54) is 28.8 Å². The molecule has 0 aliphatic rings. The monoisotopic (exact) mass is 391 g/mol. The lowest BCUT2D eigenvalue weighted by atomic mass is 10.0. The van der Waals surface area contributed by atoms with E-state index in [4.69, 9.17) is 5.73 Å². The van der Waals surface area contributed by atoms with E-state index in [2.05, 4.69) is 0 Å². The van der Waals surface area contributed by atoms with E-state index >= 15 is 0 Å². The van der Waals surface area contributed by atoms with Crippen LogP contribution in [0.1, 0.15) is 9.67 Å². The Morgan fingerprint density at radius 1 is 1.00 bits per heavy atom. The molecule has 8 heteroatoms. The van der Waals surface area contributed by atoms with E-state index in [0.717, 1.165) is 16.9 Å². The average molecular weight is 391 g/mol. The Morgan fingerprint density at radius 3 is 2.36 bits per heavy atom. The summed E-state index contributed by atoms with van der Waals surface area (Å²) in [5, 5.41) is 12.1. The summed E-state index contributed by atoms with van der Waals surface area (Å²) in [5.41, 5.74) is 6.49. The lowest BCUT2D eigenvalue weighted by molar-refractivity contribution is -0.384. The molecule has 2 heterocycles. The maximum absolute atomic E-state index is 12.7. The number of fused-ring (bicyclic) bond motifs is 1. The Balaban J connectivity index is 2.14. The first-order valence-electron chi connectivity index (χ1n) is 8.26. The molecule has 0 spiro atoms. The van der Waals surface area contributed by atoms with Crippen molar-refractivity contribution in [1.82, 2.24) is 4.57 Å². The number of thiophene rings is 1. The minimum Gasteiger partial charge on any atom is -0.365 e. The molecule has 2 aromatic heterocycles. The molecule has 1 amide bonds. The summed E-state index contributed by atoms with van der Waals surface area (Å²) in [6.07, 6.45) is 0. The van der Waals surface area contributed by atoms with Gasteiger partial charge in [0.05, 0.1) is 4.92 Å². The quantitative estimate of drug-likeness (QED) is 0.422. The highest BCUT2D eigenvalue weighted by Gasteiger charge is 2.23. The van der Waals surface area contributed by atoms with Crippen molar-refractivity contribution in [3.8, 4) is 16.8 Å². The number of hydrogen-bond acceptors (Lipinski definition) is 5. The maximum atomic E-state index is 12.7. The minimum atomic E-state index is -0.624. The molecule has 4 aromatic rings. The third kappa shape index (κ3) is 2.76. The second kappa shape index (κ2) is 6.75. The number of aromatic nitrogens is 1. The fourth-order valence-electron chi connectivity index (χ4n) is 3.18. The smallest absolute Gasteiger partial charge is 0.293 e. The molecule has 2 aromatic carbocycles. The molecule has 0 unspecified atom stereocenters. The van der Waals surface area contributed by atoms with Gasteiger partial charge in [0.2, 0.25) is 0 Å². The number of amides is 1. The first kappa shape index (κ1) is 17.6. The molecule has 138 valence electrons. The highest BCUT2D eigenvalue weighted by Crippen LogP contribution is 2.39. The number of carbonyl (C=O) groups is 1. The minimum absolute atomic E-state index is 0.139. The number of hydrogen-bond donors (Lipinski definition) is 1. The van der Waals surface area contributed by atoms with Crippen LogP contribution in [0.4, 0.5) is 5.69 Å². The molecule has 0 aliphatic carbocycles. The van der Waals surface area contributed by atoms with Crippen LogP contribution in [0, 0.1) is 10.1 Å². The lowest BCUT2D eigenvalue weighted by Crippen LogP contribution is -2.17. The number of nitro groups is 1. The van der Waals surface area contributed by atoms with Crippen LogP contribution in [0.25, 0.3) is 27.0 Å². The number of nitrogens with two attached hydrogens (primary N) is 1. The average Bonchev–Trinajstić information content (AvgIpc) is 3.08. The van der Waals surface area contributed by atoms with Gasteiger partial charge in [0.1, 0.15) is 15.4 Å². The van der Waals surface area contributed by atoms with Gasteiger partial charge < -0.3 is 5.73 Å². The largest absolute Gasteiger partial charge is 0.365 e. The van der Waals surface area contributed by atoms with Gasteiger partial charge in [-0.2, -0.15) is 0 Å². The summed E-state index contributed by atoms with van der Waals surface area (Å²) in [6, 6.07) is 18.2. The Labute approximate surface area is 162 Å². The highest BCUT2D eigenvalue weighted by atomic mass is 32.1. The van der Waals surface area contributed by atoms with Crippen LogP contribution in [0.15, 0.2) is 71.5 Å². The second-order valence-electron chi connectivity index (χ2n) is 6.01. The Bertz CT molecular complexity index is 1290. The summed E-state index contributed by atoms with van der Waals surface area (Å²) in [7, 11) is 0. The zero-order valence-electron chi connectivity index (χ0n) is 14.4. The molecule has 2 N–H and O–H groups in total. The molecule has 28 heavy (non-hydrogen) atoms. The molecule has 0 saturated heterocycles. The normalized spacial score (nSPS) is 10.9. The molecule has 0 bridgehead atoms. The summed E-state index contributed by atoms with van der Waals surface area (Å²) in [4.78, 5) is 36.4. The van der Waals surface area contributed by atoms with Gasteiger partial charge in [-0.1, -0.05) is 42.5 Å². The Hall–Kier alpha value is -3.78. The SMILES string of the molecule is NC(=O)c1sc2c(ccc(=O)n2-c2ccccc2[N+](=O)[O-])c1-c1ccccc1. The van der Waals surface area contributed by atoms with E-state index < -0.39 is 16.4 Å². The molecule has 4 rings (SSSR count). The summed E-state index contributed by atoms with van der Waals surface area (Å²) < 4.78 is 1.26. The summed E-state index contributed by atoms with van der Waals surface area (Å²) >= 11 is 1.05. The number of pyridine rings is 1. The fraction of sp³-hybridized carbons (Fsp3) is 0. The van der Waals surface area contributed by atoms with Gasteiger partial charge in [-0.25, -0.2) is 0 Å². The van der Waals surface area contributed by atoms with Crippen LogP contribution in [0.3, 0.4) is 0 Å². The third-order valence-electron chi connectivity index (χ3n) is 4.35. The van der Waals surface area contributed by atoms with E-state index in [1.807, 2.05) is 30.3 Å². The van der Waals surface area contributed by atoms with Crippen LogP contribution >= 0.6 is 11.3 Å². The number of carbonyl (C=O) groups excluding carboxylic acids is 1. The van der Waals surface area contributed by atoms with Crippen molar-refractivity contribution in [3.63, 3.8) is 0 Å². The first-order chi connectivity index (χ1) is 13.5. The van der Waals surface area contributed by atoms with Crippen molar-refractivity contribution < 1.29 is 9.72 Å². The number of benzene rings is 2. The number of primary amides is 1. The molecule has 0 aliphatic heterocycles. The number of rotatable bonds is 4. The van der Waals surface area contributed by atoms with Gasteiger partial charge in [0.25, 0.3) is 17.2 Å². The zero-order valence-corrected chi connectivity index (χ0v) is 15.2. The molecule has 7 nitrogen and oxygen atoms in total. The predicted octanol–water partition coefficient (Wildman–Crippen LogP) is 3.73. The van der Waals surface area contributed by atoms with Crippen LogP contribution in [0.2, 0.25) is 0 Å². The van der Waals surface area contributed by atoms with Gasteiger partial charge in [-0.15, -0.1) is 11.3 Å². The van der Waals surface area contributed by atoms with Crippen LogP contribution in [-0.4, -0.2) is 15.4 Å². The Kier molecular flexibility index (Phi) is 4.25. The lowest BCUT2D eigenvalue weighted by Gasteiger charge is -2.08. The third-order valence-corrected chi connectivity index (χ3v) is 5.55.